The van der Waals surface area contributed by atoms with Gasteiger partial charge in [0.25, 0.3) is 0 Å². The molecule has 9 heteroatoms. The van der Waals surface area contributed by atoms with Crippen LogP contribution in [0.15, 0.2) is 39.7 Å². The molecule has 0 saturated carbocycles. The molecule has 0 atom stereocenters. The zero-order valence-electron chi connectivity index (χ0n) is 15.6. The van der Waals surface area contributed by atoms with Crippen LogP contribution in [0, 0.1) is 0 Å². The second-order valence-corrected chi connectivity index (χ2v) is 7.26. The highest BCUT2D eigenvalue weighted by molar-refractivity contribution is 7.18. The minimum Gasteiger partial charge on any atom is -0.466 e. The van der Waals surface area contributed by atoms with Crippen LogP contribution in [-0.2, 0) is 9.53 Å². The molecule has 1 aromatic carbocycles. The normalized spacial score (nSPS) is 14.2. The summed E-state index contributed by atoms with van der Waals surface area (Å²) in [4.78, 5) is 18.2. The van der Waals surface area contributed by atoms with E-state index in [1.165, 1.54) is 11.3 Å². The van der Waals surface area contributed by atoms with Crippen molar-refractivity contribution in [3.8, 4) is 10.8 Å². The van der Waals surface area contributed by atoms with Crippen LogP contribution in [0.3, 0.4) is 0 Å². The first kappa shape index (κ1) is 18.4. The van der Waals surface area contributed by atoms with E-state index in [4.69, 9.17) is 9.15 Å². The molecule has 3 aromatic rings. The molecule has 0 fully saturated rings. The van der Waals surface area contributed by atoms with Crippen LogP contribution in [0.25, 0.3) is 21.7 Å². The van der Waals surface area contributed by atoms with E-state index in [1.807, 2.05) is 42.2 Å². The van der Waals surface area contributed by atoms with E-state index in [2.05, 4.69) is 20.5 Å². The monoisotopic (exact) mass is 399 g/mol. The molecule has 0 radical (unpaired) electrons. The highest BCUT2D eigenvalue weighted by Crippen LogP contribution is 2.31. The number of esters is 1. The molecule has 8 nitrogen and oxygen atoms in total. The third-order valence-corrected chi connectivity index (χ3v) is 5.17. The largest absolute Gasteiger partial charge is 0.466 e. The molecular weight excluding hydrogens is 378 g/mol. The van der Waals surface area contributed by atoms with E-state index in [-0.39, 0.29) is 5.97 Å². The topological polar surface area (TPSA) is 92.8 Å². The highest BCUT2D eigenvalue weighted by Gasteiger charge is 2.19. The van der Waals surface area contributed by atoms with E-state index in [9.17, 15) is 4.79 Å². The Balaban J connectivity index is 1.44. The van der Waals surface area contributed by atoms with E-state index >= 15 is 0 Å². The lowest BCUT2D eigenvalue weighted by molar-refractivity contribution is -0.143. The van der Waals surface area contributed by atoms with Gasteiger partial charge in [0.1, 0.15) is 5.58 Å². The highest BCUT2D eigenvalue weighted by atomic mass is 32.1. The Morgan fingerprint density at radius 1 is 1.36 bits per heavy atom. The predicted octanol–water partition coefficient (Wildman–Crippen LogP) is 3.38. The molecule has 0 saturated heterocycles. The molecule has 28 heavy (non-hydrogen) atoms. The molecule has 0 unspecified atom stereocenters. The van der Waals surface area contributed by atoms with Crippen molar-refractivity contribution >= 4 is 39.4 Å². The number of benzene rings is 1. The number of carbonyl (C=O) groups is 1. The summed E-state index contributed by atoms with van der Waals surface area (Å²) < 4.78 is 10.9. The summed E-state index contributed by atoms with van der Waals surface area (Å²) in [6.45, 7) is 4.34. The van der Waals surface area contributed by atoms with Crippen LogP contribution >= 0.6 is 11.3 Å². The maximum absolute atomic E-state index is 11.6. The number of para-hydroxylation sites is 1. The molecule has 1 aliphatic rings. The molecule has 4 rings (SSSR count). The maximum atomic E-state index is 11.6. The Morgan fingerprint density at radius 3 is 3.11 bits per heavy atom. The van der Waals surface area contributed by atoms with Gasteiger partial charge in [-0.25, -0.2) is 0 Å². The molecule has 3 heterocycles. The fraction of sp³-hybridized carbons (Fsp3) is 0.368. The van der Waals surface area contributed by atoms with Crippen molar-refractivity contribution < 1.29 is 13.9 Å². The van der Waals surface area contributed by atoms with Crippen LogP contribution < -0.4 is 5.32 Å². The Morgan fingerprint density at radius 2 is 2.25 bits per heavy atom. The maximum Gasteiger partial charge on any atom is 0.307 e. The van der Waals surface area contributed by atoms with Crippen molar-refractivity contribution in [2.45, 2.75) is 19.8 Å². The molecule has 0 aliphatic carbocycles. The number of anilines is 1. The summed E-state index contributed by atoms with van der Waals surface area (Å²) in [7, 11) is 0. The standard InChI is InChI=1S/C19H21N5O3S/c1-2-26-16(25)8-11-24-10-5-9-20-18(24)21-19-23-22-17(28-19)15-12-13-6-3-4-7-14(13)27-15/h3-4,6-7,12H,2,5,8-11H2,1H3,(H,20,21,23). The van der Waals surface area contributed by atoms with Crippen molar-refractivity contribution in [3.05, 3.63) is 30.3 Å². The molecule has 0 amide bonds. The number of aliphatic imine (C=N–C) groups is 1. The fourth-order valence-corrected chi connectivity index (χ4v) is 3.69. The Kier molecular flexibility index (Phi) is 5.52. The van der Waals surface area contributed by atoms with Crippen molar-refractivity contribution in [1.29, 1.82) is 0 Å². The third kappa shape index (κ3) is 4.14. The van der Waals surface area contributed by atoms with Gasteiger partial charge in [-0.1, -0.05) is 29.5 Å². The van der Waals surface area contributed by atoms with Gasteiger partial charge in [-0.3, -0.25) is 9.79 Å². The second-order valence-electron chi connectivity index (χ2n) is 6.29. The molecule has 146 valence electrons. The quantitative estimate of drug-likeness (QED) is 0.635. The van der Waals surface area contributed by atoms with Gasteiger partial charge in [0.15, 0.2) is 16.7 Å². The summed E-state index contributed by atoms with van der Waals surface area (Å²) >= 11 is 1.40. The summed E-state index contributed by atoms with van der Waals surface area (Å²) in [5, 5.41) is 14.1. The van der Waals surface area contributed by atoms with E-state index in [0.29, 0.717) is 41.4 Å². The molecule has 0 bridgehead atoms. The summed E-state index contributed by atoms with van der Waals surface area (Å²) in [5.74, 6) is 1.20. The number of fused-ring (bicyclic) bond motifs is 1. The SMILES string of the molecule is CCOC(=O)CCN1CCCN=C1Nc1nnc(-c2cc3ccccc3o2)s1. The van der Waals surface area contributed by atoms with Crippen molar-refractivity contribution in [1.82, 2.24) is 15.1 Å². The summed E-state index contributed by atoms with van der Waals surface area (Å²) in [6, 6.07) is 9.80. The van der Waals surface area contributed by atoms with Crippen LogP contribution in [0.5, 0.6) is 0 Å². The average molecular weight is 399 g/mol. The average Bonchev–Trinajstić information content (AvgIpc) is 3.34. The van der Waals surface area contributed by atoms with Gasteiger partial charge >= 0.3 is 5.97 Å². The van der Waals surface area contributed by atoms with Gasteiger partial charge in [-0.05, 0) is 25.5 Å². The number of furan rings is 1. The Labute approximate surface area is 166 Å². The molecule has 1 N–H and O–H groups in total. The lowest BCUT2D eigenvalue weighted by Crippen LogP contribution is -2.41. The van der Waals surface area contributed by atoms with Gasteiger partial charge in [0.05, 0.1) is 13.0 Å². The van der Waals surface area contributed by atoms with Crippen LogP contribution in [0.1, 0.15) is 19.8 Å². The van der Waals surface area contributed by atoms with Gasteiger partial charge in [0.2, 0.25) is 5.13 Å². The van der Waals surface area contributed by atoms with E-state index < -0.39 is 0 Å². The smallest absolute Gasteiger partial charge is 0.307 e. The van der Waals surface area contributed by atoms with Gasteiger partial charge in [0, 0.05) is 25.0 Å². The molecule has 0 spiro atoms. The Hall–Kier alpha value is -2.94. The lowest BCUT2D eigenvalue weighted by atomic mass is 10.2. The summed E-state index contributed by atoms with van der Waals surface area (Å²) in [5.41, 5.74) is 0.823. The number of carbonyl (C=O) groups excluding carboxylic acids is 1. The van der Waals surface area contributed by atoms with Gasteiger partial charge in [-0.15, -0.1) is 10.2 Å². The fourth-order valence-electron chi connectivity index (χ4n) is 3.00. The number of aromatic nitrogens is 2. The minimum atomic E-state index is -0.199. The first-order chi connectivity index (χ1) is 13.7. The molecular formula is C19H21N5O3S. The van der Waals surface area contributed by atoms with Crippen LogP contribution in [-0.4, -0.2) is 53.3 Å². The zero-order valence-corrected chi connectivity index (χ0v) is 16.4. The number of nitrogens with zero attached hydrogens (tertiary/aromatic N) is 4. The third-order valence-electron chi connectivity index (χ3n) is 4.32. The summed E-state index contributed by atoms with van der Waals surface area (Å²) in [6.07, 6.45) is 1.28. The van der Waals surface area contributed by atoms with Crippen LogP contribution in [0.4, 0.5) is 5.13 Å². The van der Waals surface area contributed by atoms with Crippen LogP contribution in [0.2, 0.25) is 0 Å². The van der Waals surface area contributed by atoms with Gasteiger partial charge < -0.3 is 19.4 Å². The zero-order chi connectivity index (χ0) is 19.3. The number of guanidine groups is 1. The predicted molar refractivity (Wildman–Crippen MR) is 108 cm³/mol. The number of nitrogens with one attached hydrogen (secondary N) is 1. The van der Waals surface area contributed by atoms with Gasteiger partial charge in [-0.2, -0.15) is 0 Å². The van der Waals surface area contributed by atoms with Crippen molar-refractivity contribution in [2.24, 2.45) is 4.99 Å². The number of hydrogen-bond acceptors (Lipinski definition) is 9. The van der Waals surface area contributed by atoms with Crippen molar-refractivity contribution in [3.63, 3.8) is 0 Å². The molecule has 2 aromatic heterocycles. The lowest BCUT2D eigenvalue weighted by Gasteiger charge is -2.28. The van der Waals surface area contributed by atoms with Crippen molar-refractivity contribution in [2.75, 3.05) is 31.6 Å². The number of hydrogen-bond donors (Lipinski definition) is 1. The second kappa shape index (κ2) is 8.39. The number of rotatable bonds is 6. The molecule has 1 aliphatic heterocycles. The van der Waals surface area contributed by atoms with E-state index in [0.717, 1.165) is 30.5 Å². The number of ether oxygens (including phenoxy) is 1. The van der Waals surface area contributed by atoms with E-state index in [1.54, 1.807) is 0 Å². The first-order valence-corrected chi connectivity index (χ1v) is 10.1. The minimum absolute atomic E-state index is 0.199. The Bertz CT molecular complexity index is 963. The first-order valence-electron chi connectivity index (χ1n) is 9.27.